The van der Waals surface area contributed by atoms with Crippen LogP contribution in [0.2, 0.25) is 0 Å². The minimum absolute atomic E-state index is 0.106. The molecule has 0 spiro atoms. The van der Waals surface area contributed by atoms with Crippen molar-refractivity contribution in [1.82, 2.24) is 5.16 Å². The molecule has 0 aliphatic carbocycles. The van der Waals surface area contributed by atoms with Crippen LogP contribution in [0.4, 0.5) is 0 Å². The van der Waals surface area contributed by atoms with E-state index in [9.17, 15) is 9.90 Å². The van der Waals surface area contributed by atoms with Crippen molar-refractivity contribution in [1.29, 1.82) is 0 Å². The van der Waals surface area contributed by atoms with Gasteiger partial charge in [0.15, 0.2) is 5.58 Å². The molecule has 0 unspecified atom stereocenters. The number of rotatable bonds is 1. The van der Waals surface area contributed by atoms with Gasteiger partial charge in [-0.1, -0.05) is 5.16 Å². The quantitative estimate of drug-likeness (QED) is 0.717. The molecule has 5 nitrogen and oxygen atoms in total. The molecule has 14 heavy (non-hydrogen) atoms. The van der Waals surface area contributed by atoms with Crippen molar-refractivity contribution in [3.05, 3.63) is 23.4 Å². The summed E-state index contributed by atoms with van der Waals surface area (Å²) < 4.78 is 4.83. The molecule has 1 aromatic carbocycles. The van der Waals surface area contributed by atoms with Gasteiger partial charge in [-0.05, 0) is 19.1 Å². The molecule has 0 amide bonds. The van der Waals surface area contributed by atoms with E-state index >= 15 is 0 Å². The number of carbonyl (C=O) groups is 1. The van der Waals surface area contributed by atoms with Crippen LogP contribution in [-0.2, 0) is 0 Å². The molecular weight excluding hydrogens is 186 g/mol. The third-order valence-corrected chi connectivity index (χ3v) is 2.01. The van der Waals surface area contributed by atoms with Crippen molar-refractivity contribution in [2.75, 3.05) is 0 Å². The molecule has 0 radical (unpaired) electrons. The number of carboxylic acid groups (broad SMARTS) is 1. The first kappa shape index (κ1) is 8.55. The number of hydrogen-bond acceptors (Lipinski definition) is 4. The van der Waals surface area contributed by atoms with Crippen LogP contribution in [0.15, 0.2) is 16.7 Å². The van der Waals surface area contributed by atoms with Crippen LogP contribution in [0.5, 0.6) is 5.75 Å². The molecule has 0 aliphatic heterocycles. The molecule has 0 atom stereocenters. The molecule has 1 heterocycles. The Hall–Kier alpha value is -2.04. The molecule has 0 aliphatic rings. The van der Waals surface area contributed by atoms with E-state index in [2.05, 4.69) is 5.16 Å². The van der Waals surface area contributed by atoms with Crippen LogP contribution >= 0.6 is 0 Å². The van der Waals surface area contributed by atoms with E-state index in [-0.39, 0.29) is 16.9 Å². The Kier molecular flexibility index (Phi) is 1.67. The Morgan fingerprint density at radius 3 is 2.86 bits per heavy atom. The highest BCUT2D eigenvalue weighted by Crippen LogP contribution is 2.28. The molecule has 0 bridgehead atoms. The van der Waals surface area contributed by atoms with E-state index in [0.717, 1.165) is 0 Å². The Bertz CT molecular complexity index is 515. The topological polar surface area (TPSA) is 83.6 Å². The van der Waals surface area contributed by atoms with Crippen molar-refractivity contribution in [2.45, 2.75) is 6.92 Å². The number of aromatic carboxylic acids is 1. The van der Waals surface area contributed by atoms with Crippen LogP contribution < -0.4 is 0 Å². The van der Waals surface area contributed by atoms with Crippen LogP contribution in [0.25, 0.3) is 11.0 Å². The number of aromatic hydroxyl groups is 1. The van der Waals surface area contributed by atoms with Gasteiger partial charge in [-0.3, -0.25) is 0 Å². The lowest BCUT2D eigenvalue weighted by molar-refractivity contribution is 0.0694. The lowest BCUT2D eigenvalue weighted by atomic mass is 10.1. The normalized spacial score (nSPS) is 10.6. The summed E-state index contributed by atoms with van der Waals surface area (Å²) in [6, 6.07) is 2.89. The third-order valence-electron chi connectivity index (χ3n) is 2.01. The average Bonchev–Trinajstić information content (AvgIpc) is 2.47. The highest BCUT2D eigenvalue weighted by molar-refractivity contribution is 6.04. The number of nitrogens with zero attached hydrogens (tertiary/aromatic N) is 1. The summed E-state index contributed by atoms with van der Waals surface area (Å²) in [7, 11) is 0. The van der Waals surface area contributed by atoms with E-state index in [1.807, 2.05) is 0 Å². The monoisotopic (exact) mass is 193 g/mol. The molecule has 0 saturated carbocycles. The first-order valence-electron chi connectivity index (χ1n) is 3.92. The standard InChI is InChI=1S/C9H7NO4/c1-4-5-2-3-6(11)7(9(12)13)8(5)14-10-4/h2-3,11H,1H3,(H,12,13). The fourth-order valence-electron chi connectivity index (χ4n) is 1.32. The van der Waals surface area contributed by atoms with Gasteiger partial charge in [0.2, 0.25) is 0 Å². The van der Waals surface area contributed by atoms with E-state index in [1.165, 1.54) is 6.07 Å². The summed E-state index contributed by atoms with van der Waals surface area (Å²) in [5.74, 6) is -1.55. The van der Waals surface area contributed by atoms with Crippen molar-refractivity contribution in [3.8, 4) is 5.75 Å². The first-order valence-corrected chi connectivity index (χ1v) is 3.92. The average molecular weight is 193 g/mol. The molecular formula is C9H7NO4. The van der Waals surface area contributed by atoms with E-state index in [4.69, 9.17) is 9.63 Å². The maximum absolute atomic E-state index is 10.8. The maximum Gasteiger partial charge on any atom is 0.343 e. The van der Waals surface area contributed by atoms with Crippen LogP contribution in [-0.4, -0.2) is 21.3 Å². The minimum atomic E-state index is -1.23. The second-order valence-corrected chi connectivity index (χ2v) is 2.91. The summed E-state index contributed by atoms with van der Waals surface area (Å²) in [6.07, 6.45) is 0. The van der Waals surface area contributed by atoms with Crippen LogP contribution in [0, 0.1) is 6.92 Å². The fraction of sp³-hybridized carbons (Fsp3) is 0.111. The number of benzene rings is 1. The first-order chi connectivity index (χ1) is 6.61. The van der Waals surface area contributed by atoms with Crippen molar-refractivity contribution >= 4 is 16.9 Å². The number of fused-ring (bicyclic) bond motifs is 1. The second-order valence-electron chi connectivity index (χ2n) is 2.91. The summed E-state index contributed by atoms with van der Waals surface area (Å²) in [4.78, 5) is 10.8. The van der Waals surface area contributed by atoms with Crippen molar-refractivity contribution in [2.24, 2.45) is 0 Å². The number of carboxylic acids is 1. The largest absolute Gasteiger partial charge is 0.507 e. The Balaban J connectivity index is 2.90. The Morgan fingerprint density at radius 2 is 2.21 bits per heavy atom. The number of phenols is 1. The van der Waals surface area contributed by atoms with Gasteiger partial charge in [0.25, 0.3) is 0 Å². The zero-order chi connectivity index (χ0) is 10.3. The Labute approximate surface area is 78.6 Å². The van der Waals surface area contributed by atoms with Crippen molar-refractivity contribution < 1.29 is 19.5 Å². The van der Waals surface area contributed by atoms with Crippen LogP contribution in [0.1, 0.15) is 16.1 Å². The van der Waals surface area contributed by atoms with Crippen molar-refractivity contribution in [3.63, 3.8) is 0 Å². The van der Waals surface area contributed by atoms with Gasteiger partial charge in [0.1, 0.15) is 11.3 Å². The molecule has 1 aromatic heterocycles. The fourth-order valence-corrected chi connectivity index (χ4v) is 1.32. The lowest BCUT2D eigenvalue weighted by Gasteiger charge is -1.98. The summed E-state index contributed by atoms with van der Waals surface area (Å²) in [6.45, 7) is 1.70. The minimum Gasteiger partial charge on any atom is -0.507 e. The molecule has 5 heteroatoms. The van der Waals surface area contributed by atoms with Gasteiger partial charge in [-0.15, -0.1) is 0 Å². The SMILES string of the molecule is Cc1noc2c(C(=O)O)c(O)ccc12. The summed E-state index contributed by atoms with van der Waals surface area (Å²) in [5, 5.41) is 22.4. The number of aryl methyl sites for hydroxylation is 1. The maximum atomic E-state index is 10.8. The second kappa shape index (κ2) is 2.73. The molecule has 2 aromatic rings. The van der Waals surface area contributed by atoms with Gasteiger partial charge in [0, 0.05) is 5.39 Å². The van der Waals surface area contributed by atoms with E-state index in [1.54, 1.807) is 13.0 Å². The molecule has 0 saturated heterocycles. The van der Waals surface area contributed by atoms with Crippen LogP contribution in [0.3, 0.4) is 0 Å². The van der Waals surface area contributed by atoms with Gasteiger partial charge < -0.3 is 14.7 Å². The van der Waals surface area contributed by atoms with E-state index in [0.29, 0.717) is 11.1 Å². The van der Waals surface area contributed by atoms with Gasteiger partial charge in [-0.2, -0.15) is 0 Å². The molecule has 72 valence electrons. The molecule has 0 fully saturated rings. The Morgan fingerprint density at radius 1 is 1.50 bits per heavy atom. The number of hydrogen-bond donors (Lipinski definition) is 2. The summed E-state index contributed by atoms with van der Waals surface area (Å²) in [5.41, 5.74) is 0.459. The summed E-state index contributed by atoms with van der Waals surface area (Å²) >= 11 is 0. The number of aromatic nitrogens is 1. The molecule has 2 rings (SSSR count). The van der Waals surface area contributed by atoms with E-state index < -0.39 is 5.97 Å². The zero-order valence-electron chi connectivity index (χ0n) is 7.31. The smallest absolute Gasteiger partial charge is 0.343 e. The van der Waals surface area contributed by atoms with Gasteiger partial charge in [-0.25, -0.2) is 4.79 Å². The zero-order valence-corrected chi connectivity index (χ0v) is 7.31. The molecule has 2 N–H and O–H groups in total. The van der Waals surface area contributed by atoms with Gasteiger partial charge >= 0.3 is 5.97 Å². The lowest BCUT2D eigenvalue weighted by Crippen LogP contribution is -1.97. The predicted molar refractivity (Wildman–Crippen MR) is 47.4 cm³/mol. The highest BCUT2D eigenvalue weighted by atomic mass is 16.5. The van der Waals surface area contributed by atoms with Gasteiger partial charge in [0.05, 0.1) is 5.69 Å². The third kappa shape index (κ3) is 1.02. The highest BCUT2D eigenvalue weighted by Gasteiger charge is 2.18. The predicted octanol–water partition coefficient (Wildman–Crippen LogP) is 1.54.